The monoisotopic (exact) mass is 226 g/mol. The van der Waals surface area contributed by atoms with Gasteiger partial charge in [0.2, 0.25) is 0 Å². The van der Waals surface area contributed by atoms with Gasteiger partial charge in [0.05, 0.1) is 19.3 Å². The molecule has 0 aliphatic carbocycles. The van der Waals surface area contributed by atoms with E-state index < -0.39 is 12.1 Å². The van der Waals surface area contributed by atoms with Crippen molar-refractivity contribution >= 4 is 5.97 Å². The van der Waals surface area contributed by atoms with Crippen molar-refractivity contribution in [2.75, 3.05) is 13.7 Å². The molecular weight excluding hydrogens is 212 g/mol. The maximum absolute atomic E-state index is 11.2. The molecule has 16 heavy (non-hydrogen) atoms. The Hall–Kier alpha value is -1.75. The Morgan fingerprint density at radius 2 is 2.12 bits per heavy atom. The lowest BCUT2D eigenvalue weighted by Gasteiger charge is -2.12. The average molecular weight is 226 g/mol. The number of hydrogen-bond acceptors (Lipinski definition) is 5. The molecule has 1 unspecified atom stereocenters. The van der Waals surface area contributed by atoms with Crippen molar-refractivity contribution in [3.63, 3.8) is 0 Å². The van der Waals surface area contributed by atoms with Gasteiger partial charge in [-0.25, -0.2) is 4.79 Å². The van der Waals surface area contributed by atoms with Crippen molar-refractivity contribution < 1.29 is 24.5 Å². The van der Waals surface area contributed by atoms with Crippen molar-refractivity contribution in [1.29, 1.82) is 0 Å². The fourth-order valence-corrected chi connectivity index (χ4v) is 1.16. The third-order valence-electron chi connectivity index (χ3n) is 1.91. The molecule has 1 rings (SSSR count). The fourth-order valence-electron chi connectivity index (χ4n) is 1.16. The van der Waals surface area contributed by atoms with Crippen LogP contribution in [0.2, 0.25) is 0 Å². The van der Waals surface area contributed by atoms with Crippen LogP contribution in [0.15, 0.2) is 18.2 Å². The van der Waals surface area contributed by atoms with Crippen LogP contribution in [0.25, 0.3) is 0 Å². The largest absolute Gasteiger partial charge is 0.508 e. The molecule has 5 heteroatoms. The molecule has 0 fully saturated rings. The molecule has 1 aromatic rings. The third-order valence-corrected chi connectivity index (χ3v) is 1.91. The van der Waals surface area contributed by atoms with E-state index in [0.717, 1.165) is 0 Å². The minimum absolute atomic E-state index is 0.0944. The molecule has 0 saturated carbocycles. The van der Waals surface area contributed by atoms with E-state index in [1.54, 1.807) is 6.92 Å². The number of benzene rings is 1. The Labute approximate surface area is 93.2 Å². The molecular formula is C11H14O5. The highest BCUT2D eigenvalue weighted by atomic mass is 16.5. The predicted octanol–water partition coefficient (Wildman–Crippen LogP) is 0.938. The molecule has 0 spiro atoms. The standard InChI is InChI=1S/C11H14O5/c1-7(6-12)16-10-4-8(11(14)15-2)3-9(13)5-10/h3-5,7,12-13H,6H2,1-2H3. The lowest BCUT2D eigenvalue weighted by Crippen LogP contribution is -2.16. The third kappa shape index (κ3) is 3.13. The van der Waals surface area contributed by atoms with Gasteiger partial charge in [-0.05, 0) is 19.1 Å². The van der Waals surface area contributed by atoms with Crippen molar-refractivity contribution in [3.05, 3.63) is 23.8 Å². The number of hydrogen-bond donors (Lipinski definition) is 2. The summed E-state index contributed by atoms with van der Waals surface area (Å²) in [6.45, 7) is 1.52. The van der Waals surface area contributed by atoms with E-state index in [-0.39, 0.29) is 17.9 Å². The number of phenolic OH excluding ortho intramolecular Hbond substituents is 1. The summed E-state index contributed by atoms with van der Waals surface area (Å²) in [5.41, 5.74) is 0.197. The number of carbonyl (C=O) groups excluding carboxylic acids is 1. The molecule has 0 saturated heterocycles. The van der Waals surface area contributed by atoms with Gasteiger partial charge in [0.1, 0.15) is 17.6 Å². The number of methoxy groups -OCH3 is 1. The first-order valence-corrected chi connectivity index (χ1v) is 4.76. The van der Waals surface area contributed by atoms with Crippen LogP contribution in [0.4, 0.5) is 0 Å². The van der Waals surface area contributed by atoms with E-state index in [4.69, 9.17) is 9.84 Å². The van der Waals surface area contributed by atoms with Gasteiger partial charge >= 0.3 is 5.97 Å². The first kappa shape index (κ1) is 12.3. The molecule has 5 nitrogen and oxygen atoms in total. The molecule has 1 atom stereocenters. The van der Waals surface area contributed by atoms with Gasteiger partial charge in [0, 0.05) is 6.07 Å². The highest BCUT2D eigenvalue weighted by Gasteiger charge is 2.10. The first-order valence-electron chi connectivity index (χ1n) is 4.76. The minimum Gasteiger partial charge on any atom is -0.508 e. The molecule has 88 valence electrons. The Bertz CT molecular complexity index is 375. The Morgan fingerprint density at radius 3 is 2.69 bits per heavy atom. The maximum atomic E-state index is 11.2. The SMILES string of the molecule is COC(=O)c1cc(O)cc(OC(C)CO)c1. The summed E-state index contributed by atoms with van der Waals surface area (Å²) in [5, 5.41) is 18.2. The van der Waals surface area contributed by atoms with E-state index in [9.17, 15) is 9.90 Å². The van der Waals surface area contributed by atoms with Crippen LogP contribution in [0.3, 0.4) is 0 Å². The summed E-state index contributed by atoms with van der Waals surface area (Å²) in [6, 6.07) is 4.08. The summed E-state index contributed by atoms with van der Waals surface area (Å²) < 4.78 is 9.78. The highest BCUT2D eigenvalue weighted by Crippen LogP contribution is 2.23. The van der Waals surface area contributed by atoms with E-state index in [0.29, 0.717) is 5.75 Å². The van der Waals surface area contributed by atoms with Gasteiger partial charge in [-0.1, -0.05) is 0 Å². The van der Waals surface area contributed by atoms with Crippen LogP contribution in [-0.4, -0.2) is 36.0 Å². The fraction of sp³-hybridized carbons (Fsp3) is 0.364. The van der Waals surface area contributed by atoms with Crippen LogP contribution >= 0.6 is 0 Å². The number of aromatic hydroxyl groups is 1. The summed E-state index contributed by atoms with van der Waals surface area (Å²) >= 11 is 0. The zero-order valence-electron chi connectivity index (χ0n) is 9.14. The van der Waals surface area contributed by atoms with Crippen LogP contribution < -0.4 is 4.74 Å². The van der Waals surface area contributed by atoms with E-state index in [1.165, 1.54) is 25.3 Å². The Balaban J connectivity index is 2.94. The summed E-state index contributed by atoms with van der Waals surface area (Å²) in [6.07, 6.45) is -0.410. The average Bonchev–Trinajstić information content (AvgIpc) is 2.27. The number of aliphatic hydroxyl groups excluding tert-OH is 1. The lowest BCUT2D eigenvalue weighted by atomic mass is 10.2. The van der Waals surface area contributed by atoms with Gasteiger partial charge in [0.15, 0.2) is 0 Å². The number of phenols is 1. The normalized spacial score (nSPS) is 11.9. The number of carbonyl (C=O) groups is 1. The van der Waals surface area contributed by atoms with Gasteiger partial charge in [-0.3, -0.25) is 0 Å². The number of ether oxygens (including phenoxy) is 2. The zero-order chi connectivity index (χ0) is 12.1. The molecule has 0 heterocycles. The molecule has 1 aromatic carbocycles. The second-order valence-corrected chi connectivity index (χ2v) is 3.32. The second-order valence-electron chi connectivity index (χ2n) is 3.32. The second kappa shape index (κ2) is 5.37. The van der Waals surface area contributed by atoms with Gasteiger partial charge in [-0.15, -0.1) is 0 Å². The van der Waals surface area contributed by atoms with E-state index >= 15 is 0 Å². The van der Waals surface area contributed by atoms with Gasteiger partial charge in [0.25, 0.3) is 0 Å². The molecule has 0 aliphatic rings. The van der Waals surface area contributed by atoms with Crippen molar-refractivity contribution in [3.8, 4) is 11.5 Å². The van der Waals surface area contributed by atoms with Crippen LogP contribution in [-0.2, 0) is 4.74 Å². The minimum atomic E-state index is -0.558. The number of aliphatic hydroxyl groups is 1. The Morgan fingerprint density at radius 1 is 1.44 bits per heavy atom. The summed E-state index contributed by atoms with van der Waals surface area (Å²) in [4.78, 5) is 11.2. The number of rotatable bonds is 4. The topological polar surface area (TPSA) is 76.0 Å². The maximum Gasteiger partial charge on any atom is 0.338 e. The van der Waals surface area contributed by atoms with E-state index in [1.807, 2.05) is 0 Å². The molecule has 0 bridgehead atoms. The molecule has 0 aliphatic heterocycles. The lowest BCUT2D eigenvalue weighted by molar-refractivity contribution is 0.0599. The summed E-state index contributed by atoms with van der Waals surface area (Å²) in [5.74, 6) is -0.345. The molecule has 0 aromatic heterocycles. The molecule has 0 radical (unpaired) electrons. The van der Waals surface area contributed by atoms with E-state index in [2.05, 4.69) is 4.74 Å². The first-order chi connectivity index (χ1) is 7.56. The molecule has 2 N–H and O–H groups in total. The zero-order valence-corrected chi connectivity index (χ0v) is 9.14. The van der Waals surface area contributed by atoms with Crippen LogP contribution in [0, 0.1) is 0 Å². The molecule has 0 amide bonds. The Kier molecular flexibility index (Phi) is 4.13. The van der Waals surface area contributed by atoms with Crippen molar-refractivity contribution in [2.45, 2.75) is 13.0 Å². The van der Waals surface area contributed by atoms with Gasteiger partial charge < -0.3 is 19.7 Å². The smallest absolute Gasteiger partial charge is 0.338 e. The predicted molar refractivity (Wildman–Crippen MR) is 56.6 cm³/mol. The summed E-state index contributed by atoms with van der Waals surface area (Å²) in [7, 11) is 1.25. The quantitative estimate of drug-likeness (QED) is 0.747. The number of esters is 1. The van der Waals surface area contributed by atoms with Crippen molar-refractivity contribution in [1.82, 2.24) is 0 Å². The van der Waals surface area contributed by atoms with Crippen LogP contribution in [0.1, 0.15) is 17.3 Å². The van der Waals surface area contributed by atoms with Gasteiger partial charge in [-0.2, -0.15) is 0 Å². The highest BCUT2D eigenvalue weighted by molar-refractivity contribution is 5.90. The van der Waals surface area contributed by atoms with Crippen LogP contribution in [0.5, 0.6) is 11.5 Å². The van der Waals surface area contributed by atoms with Crippen molar-refractivity contribution in [2.24, 2.45) is 0 Å².